The van der Waals surface area contributed by atoms with Gasteiger partial charge in [0, 0.05) is 36.5 Å². The van der Waals surface area contributed by atoms with Gasteiger partial charge >= 0.3 is 0 Å². The molecular weight excluding hydrogens is 415 g/mol. The number of aromatic nitrogens is 4. The van der Waals surface area contributed by atoms with Crippen molar-refractivity contribution in [3.05, 3.63) is 40.3 Å². The van der Waals surface area contributed by atoms with Gasteiger partial charge < -0.3 is 9.32 Å². The summed E-state index contributed by atoms with van der Waals surface area (Å²) in [6, 6.07) is 5.14. The number of carbonyl (C=O) groups is 1. The van der Waals surface area contributed by atoms with E-state index in [1.165, 1.54) is 6.42 Å². The van der Waals surface area contributed by atoms with Gasteiger partial charge in [0.1, 0.15) is 0 Å². The second-order valence-electron chi connectivity index (χ2n) is 6.82. The second kappa shape index (κ2) is 8.84. The number of rotatable bonds is 6. The molecule has 3 aromatic rings. The molecule has 0 spiro atoms. The van der Waals surface area contributed by atoms with Crippen molar-refractivity contribution in [2.45, 2.75) is 32.1 Å². The monoisotopic (exact) mass is 434 g/mol. The fourth-order valence-electron chi connectivity index (χ4n) is 3.20. The minimum atomic E-state index is -0.199. The number of H-pyrrole nitrogens is 1. The summed E-state index contributed by atoms with van der Waals surface area (Å²) in [5, 5.41) is 10.7. The highest BCUT2D eigenvalue weighted by Crippen LogP contribution is 2.30. The van der Waals surface area contributed by atoms with Gasteiger partial charge in [-0.05, 0) is 37.5 Å². The number of amides is 1. The normalized spacial score (nSPS) is 14.2. The zero-order chi connectivity index (χ0) is 20.2. The Bertz CT molecular complexity index is 996. The number of carbonyl (C=O) groups excluding carboxylic acids is 1. The standard InChI is InChI=1S/C19H20Cl2N6O2/c20-12-4-5-13(14(21)10-12)15-11-22-17(29-15)7-6-16(28)23-18-24-19(26-25-18)27-8-2-1-3-9-27/h4-5,10-11H,1-3,6-9H2,(H2,23,24,25,26,28). The highest BCUT2D eigenvalue weighted by Gasteiger charge is 2.17. The number of benzene rings is 1. The fraction of sp³-hybridized carbons (Fsp3) is 0.368. The van der Waals surface area contributed by atoms with Crippen molar-refractivity contribution in [2.24, 2.45) is 0 Å². The number of aryl methyl sites for hydroxylation is 1. The number of halogens is 2. The zero-order valence-corrected chi connectivity index (χ0v) is 17.1. The molecule has 0 unspecified atom stereocenters. The lowest BCUT2D eigenvalue weighted by molar-refractivity contribution is -0.116. The predicted octanol–water partition coefficient (Wildman–Crippen LogP) is 4.33. The topological polar surface area (TPSA) is 99.9 Å². The van der Waals surface area contributed by atoms with Crippen molar-refractivity contribution in [1.29, 1.82) is 0 Å². The maximum Gasteiger partial charge on any atom is 0.246 e. The molecule has 1 amide bonds. The van der Waals surface area contributed by atoms with E-state index in [4.69, 9.17) is 27.6 Å². The lowest BCUT2D eigenvalue weighted by Gasteiger charge is -2.24. The van der Waals surface area contributed by atoms with E-state index in [0.29, 0.717) is 45.6 Å². The highest BCUT2D eigenvalue weighted by molar-refractivity contribution is 6.36. The minimum Gasteiger partial charge on any atom is -0.441 e. The lowest BCUT2D eigenvalue weighted by Crippen LogP contribution is -2.30. The summed E-state index contributed by atoms with van der Waals surface area (Å²) in [6.07, 6.45) is 5.64. The third-order valence-corrected chi connectivity index (χ3v) is 5.23. The van der Waals surface area contributed by atoms with E-state index < -0.39 is 0 Å². The van der Waals surface area contributed by atoms with Gasteiger partial charge in [-0.2, -0.15) is 4.98 Å². The Hall–Kier alpha value is -2.58. The van der Waals surface area contributed by atoms with Crippen LogP contribution in [0.15, 0.2) is 28.8 Å². The molecule has 1 aliphatic rings. The van der Waals surface area contributed by atoms with Crippen molar-refractivity contribution in [2.75, 3.05) is 23.3 Å². The van der Waals surface area contributed by atoms with E-state index in [9.17, 15) is 4.79 Å². The summed E-state index contributed by atoms with van der Waals surface area (Å²) in [7, 11) is 0. The number of piperidine rings is 1. The van der Waals surface area contributed by atoms with Crippen molar-refractivity contribution in [1.82, 2.24) is 20.2 Å². The van der Waals surface area contributed by atoms with Crippen molar-refractivity contribution in [3.8, 4) is 11.3 Å². The first kappa shape index (κ1) is 19.7. The molecule has 0 aliphatic carbocycles. The Morgan fingerprint density at radius 3 is 2.86 bits per heavy atom. The molecule has 1 aliphatic heterocycles. The van der Waals surface area contributed by atoms with Gasteiger partial charge in [-0.3, -0.25) is 10.1 Å². The number of anilines is 2. The Morgan fingerprint density at radius 1 is 1.24 bits per heavy atom. The van der Waals surface area contributed by atoms with Crippen LogP contribution in [-0.2, 0) is 11.2 Å². The SMILES string of the molecule is O=C(CCc1ncc(-c2ccc(Cl)cc2Cl)o1)Nc1nc(N2CCCCC2)n[nH]1. The Kier molecular flexibility index (Phi) is 6.01. The first-order valence-electron chi connectivity index (χ1n) is 9.46. The number of aromatic amines is 1. The van der Waals surface area contributed by atoms with Crippen LogP contribution in [0.2, 0.25) is 10.0 Å². The zero-order valence-electron chi connectivity index (χ0n) is 15.6. The van der Waals surface area contributed by atoms with Crippen LogP contribution in [0.1, 0.15) is 31.6 Å². The van der Waals surface area contributed by atoms with Gasteiger partial charge in [-0.25, -0.2) is 10.1 Å². The molecule has 2 N–H and O–H groups in total. The first-order chi connectivity index (χ1) is 14.1. The molecule has 0 bridgehead atoms. The van der Waals surface area contributed by atoms with Gasteiger partial charge in [0.05, 0.1) is 11.2 Å². The van der Waals surface area contributed by atoms with E-state index in [-0.39, 0.29) is 12.3 Å². The van der Waals surface area contributed by atoms with E-state index >= 15 is 0 Å². The van der Waals surface area contributed by atoms with Gasteiger partial charge in [0.2, 0.25) is 17.8 Å². The lowest BCUT2D eigenvalue weighted by atomic mass is 10.1. The third-order valence-electron chi connectivity index (χ3n) is 4.69. The summed E-state index contributed by atoms with van der Waals surface area (Å²) in [6.45, 7) is 1.88. The highest BCUT2D eigenvalue weighted by atomic mass is 35.5. The summed E-state index contributed by atoms with van der Waals surface area (Å²) in [5.41, 5.74) is 0.700. The van der Waals surface area contributed by atoms with E-state index in [2.05, 4.69) is 30.4 Å². The van der Waals surface area contributed by atoms with E-state index in [1.807, 2.05) is 0 Å². The summed E-state index contributed by atoms with van der Waals surface area (Å²) >= 11 is 12.1. The molecular formula is C19H20Cl2N6O2. The van der Waals surface area contributed by atoms with Crippen LogP contribution < -0.4 is 10.2 Å². The molecule has 1 saturated heterocycles. The molecule has 1 fully saturated rings. The maximum absolute atomic E-state index is 12.2. The number of nitrogens with one attached hydrogen (secondary N) is 2. The van der Waals surface area contributed by atoms with Gasteiger partial charge in [0.15, 0.2) is 11.7 Å². The van der Waals surface area contributed by atoms with Crippen LogP contribution in [0.3, 0.4) is 0 Å². The predicted molar refractivity (Wildman–Crippen MR) is 111 cm³/mol. The van der Waals surface area contributed by atoms with Crippen molar-refractivity contribution >= 4 is 41.0 Å². The molecule has 1 aromatic carbocycles. The van der Waals surface area contributed by atoms with Crippen molar-refractivity contribution < 1.29 is 9.21 Å². The van der Waals surface area contributed by atoms with Crippen LogP contribution in [0.25, 0.3) is 11.3 Å². The minimum absolute atomic E-state index is 0.199. The fourth-order valence-corrected chi connectivity index (χ4v) is 3.70. The first-order valence-corrected chi connectivity index (χ1v) is 10.2. The van der Waals surface area contributed by atoms with Crippen molar-refractivity contribution in [3.63, 3.8) is 0 Å². The number of hydrogen-bond acceptors (Lipinski definition) is 6. The second-order valence-corrected chi connectivity index (χ2v) is 7.67. The quantitative estimate of drug-likeness (QED) is 0.598. The summed E-state index contributed by atoms with van der Waals surface area (Å²) < 4.78 is 5.71. The Morgan fingerprint density at radius 2 is 2.07 bits per heavy atom. The molecule has 8 nitrogen and oxygen atoms in total. The number of oxazole rings is 1. The summed E-state index contributed by atoms with van der Waals surface area (Å²) in [4.78, 5) is 22.9. The Labute approximate surface area is 177 Å². The van der Waals surface area contributed by atoms with E-state index in [1.54, 1.807) is 24.4 Å². The number of nitrogens with zero attached hydrogens (tertiary/aromatic N) is 4. The molecule has 0 atom stereocenters. The third kappa shape index (κ3) is 4.89. The van der Waals surface area contributed by atoms with E-state index in [0.717, 1.165) is 25.9 Å². The van der Waals surface area contributed by atoms with Crippen LogP contribution in [-0.4, -0.2) is 39.2 Å². The van der Waals surface area contributed by atoms with Gasteiger partial charge in [-0.1, -0.05) is 23.2 Å². The molecule has 10 heteroatoms. The molecule has 3 heterocycles. The largest absolute Gasteiger partial charge is 0.441 e. The van der Waals surface area contributed by atoms with Crippen LogP contribution in [0.4, 0.5) is 11.9 Å². The molecule has 152 valence electrons. The van der Waals surface area contributed by atoms with Crippen LogP contribution in [0, 0.1) is 0 Å². The molecule has 0 radical (unpaired) electrons. The molecule has 2 aromatic heterocycles. The molecule has 4 rings (SSSR count). The maximum atomic E-state index is 12.2. The van der Waals surface area contributed by atoms with Gasteiger partial charge in [0.25, 0.3) is 0 Å². The molecule has 29 heavy (non-hydrogen) atoms. The van der Waals surface area contributed by atoms with Gasteiger partial charge in [-0.15, -0.1) is 5.10 Å². The number of hydrogen-bond donors (Lipinski definition) is 2. The molecule has 0 saturated carbocycles. The van der Waals surface area contributed by atoms with Crippen LogP contribution >= 0.6 is 23.2 Å². The Balaban J connectivity index is 1.31. The smallest absolute Gasteiger partial charge is 0.246 e. The average molecular weight is 435 g/mol. The van der Waals surface area contributed by atoms with Crippen LogP contribution in [0.5, 0.6) is 0 Å². The summed E-state index contributed by atoms with van der Waals surface area (Å²) in [5.74, 6) is 1.75. The average Bonchev–Trinajstić information content (AvgIpc) is 3.37.